The monoisotopic (exact) mass is 320 g/mol. The Balaban J connectivity index is 1.92. The van der Waals surface area contributed by atoms with Gasteiger partial charge < -0.3 is 10.1 Å². The van der Waals surface area contributed by atoms with E-state index in [2.05, 4.69) is 17.4 Å². The lowest BCUT2D eigenvalue weighted by atomic mass is 10.1. The van der Waals surface area contributed by atoms with Crippen LogP contribution in [0.3, 0.4) is 0 Å². The number of carbonyl (C=O) groups excluding carboxylic acids is 1. The highest BCUT2D eigenvalue weighted by atomic mass is 16.5. The highest BCUT2D eigenvalue weighted by Crippen LogP contribution is 2.20. The van der Waals surface area contributed by atoms with Crippen molar-refractivity contribution in [1.82, 2.24) is 5.32 Å². The summed E-state index contributed by atoms with van der Waals surface area (Å²) in [6.07, 6.45) is 3.26. The van der Waals surface area contributed by atoms with Gasteiger partial charge in [-0.05, 0) is 30.5 Å². The molecule has 2 aromatic rings. The largest absolute Gasteiger partial charge is 0.496 e. The average molecular weight is 320 g/mol. The fraction of sp³-hybridized carbons (Fsp3) is 0.200. The van der Waals surface area contributed by atoms with E-state index in [0.717, 1.165) is 12.8 Å². The molecule has 0 aliphatic carbocycles. The fourth-order valence-corrected chi connectivity index (χ4v) is 2.32. The molecule has 0 bridgehead atoms. The Hall–Kier alpha value is -3.06. The topological polar surface area (TPSA) is 62.1 Å². The zero-order valence-corrected chi connectivity index (χ0v) is 13.7. The number of hydrogen-bond donors (Lipinski definition) is 1. The molecular formula is C20H20N2O2. The van der Waals surface area contributed by atoms with Crippen molar-refractivity contribution in [2.45, 2.75) is 12.8 Å². The standard InChI is InChI=1S/C20H20N2O2/c1-24-19-12-6-5-11-17(19)14-18(15-21)20(23)22-13-7-10-16-8-3-2-4-9-16/h2-6,8-9,11-12,14H,7,10,13H2,1H3,(H,22,23)/b18-14-. The first-order chi connectivity index (χ1) is 11.7. The lowest BCUT2D eigenvalue weighted by molar-refractivity contribution is -0.117. The molecule has 0 spiro atoms. The molecule has 1 amide bonds. The molecule has 4 heteroatoms. The SMILES string of the molecule is COc1ccccc1/C=C(/C#N)C(=O)NCCCc1ccccc1. The predicted octanol–water partition coefficient (Wildman–Crippen LogP) is 3.35. The molecule has 2 aromatic carbocycles. The van der Waals surface area contributed by atoms with E-state index in [4.69, 9.17) is 4.74 Å². The minimum atomic E-state index is -0.364. The van der Waals surface area contributed by atoms with E-state index in [1.165, 1.54) is 5.56 Å². The number of nitriles is 1. The van der Waals surface area contributed by atoms with Crippen molar-refractivity contribution in [3.63, 3.8) is 0 Å². The minimum absolute atomic E-state index is 0.0687. The first kappa shape index (κ1) is 17.3. The summed E-state index contributed by atoms with van der Waals surface area (Å²) in [5, 5.41) is 12.0. The third-order valence-corrected chi connectivity index (χ3v) is 3.57. The molecule has 0 unspecified atom stereocenters. The summed E-state index contributed by atoms with van der Waals surface area (Å²) in [6.45, 7) is 0.526. The van der Waals surface area contributed by atoms with E-state index in [1.54, 1.807) is 25.3 Å². The zero-order chi connectivity index (χ0) is 17.2. The molecule has 4 nitrogen and oxygen atoms in total. The maximum Gasteiger partial charge on any atom is 0.261 e. The normalized spacial score (nSPS) is 10.8. The van der Waals surface area contributed by atoms with Crippen molar-refractivity contribution in [3.8, 4) is 11.8 Å². The summed E-state index contributed by atoms with van der Waals surface area (Å²) < 4.78 is 5.23. The van der Waals surface area contributed by atoms with Crippen molar-refractivity contribution in [3.05, 3.63) is 71.3 Å². The molecule has 0 heterocycles. The van der Waals surface area contributed by atoms with Crippen LogP contribution >= 0.6 is 0 Å². The molecular weight excluding hydrogens is 300 g/mol. The molecule has 0 radical (unpaired) electrons. The third-order valence-electron chi connectivity index (χ3n) is 3.57. The van der Waals surface area contributed by atoms with Gasteiger partial charge in [0.1, 0.15) is 17.4 Å². The van der Waals surface area contributed by atoms with Crippen LogP contribution in [0.5, 0.6) is 5.75 Å². The van der Waals surface area contributed by atoms with Crippen LogP contribution in [0.1, 0.15) is 17.5 Å². The number of benzene rings is 2. The lowest BCUT2D eigenvalue weighted by Gasteiger charge is -2.06. The number of aryl methyl sites for hydroxylation is 1. The van der Waals surface area contributed by atoms with E-state index in [-0.39, 0.29) is 11.5 Å². The molecule has 0 fully saturated rings. The Bertz CT molecular complexity index is 746. The van der Waals surface area contributed by atoms with E-state index in [1.807, 2.05) is 36.4 Å². The van der Waals surface area contributed by atoms with Crippen LogP contribution in [-0.4, -0.2) is 19.6 Å². The van der Waals surface area contributed by atoms with Crippen molar-refractivity contribution in [1.29, 1.82) is 5.26 Å². The van der Waals surface area contributed by atoms with Gasteiger partial charge in [0.15, 0.2) is 0 Å². The van der Waals surface area contributed by atoms with Gasteiger partial charge in [-0.25, -0.2) is 0 Å². The Kier molecular flexibility index (Phi) is 6.60. The third kappa shape index (κ3) is 4.99. The second kappa shape index (κ2) is 9.16. The molecule has 0 aliphatic rings. The van der Waals surface area contributed by atoms with Crippen LogP contribution in [0.25, 0.3) is 6.08 Å². The van der Waals surface area contributed by atoms with Crippen LogP contribution in [0.2, 0.25) is 0 Å². The van der Waals surface area contributed by atoms with Crippen molar-refractivity contribution in [2.24, 2.45) is 0 Å². The van der Waals surface area contributed by atoms with Gasteiger partial charge in [-0.3, -0.25) is 4.79 Å². The summed E-state index contributed by atoms with van der Waals surface area (Å²) in [4.78, 5) is 12.1. The van der Waals surface area contributed by atoms with E-state index in [9.17, 15) is 10.1 Å². The quantitative estimate of drug-likeness (QED) is 0.483. The molecule has 0 saturated heterocycles. The van der Waals surface area contributed by atoms with Gasteiger partial charge in [0.05, 0.1) is 7.11 Å². The summed E-state index contributed by atoms with van der Waals surface area (Å²) in [7, 11) is 1.56. The number of nitrogens with one attached hydrogen (secondary N) is 1. The number of carbonyl (C=O) groups is 1. The maximum atomic E-state index is 12.1. The van der Waals surface area contributed by atoms with E-state index < -0.39 is 0 Å². The Morgan fingerprint density at radius 3 is 2.58 bits per heavy atom. The van der Waals surface area contributed by atoms with Gasteiger partial charge in [-0.1, -0.05) is 48.5 Å². The molecule has 122 valence electrons. The van der Waals surface area contributed by atoms with Gasteiger partial charge in [-0.15, -0.1) is 0 Å². The van der Waals surface area contributed by atoms with Gasteiger partial charge in [-0.2, -0.15) is 5.26 Å². The minimum Gasteiger partial charge on any atom is -0.496 e. The fourth-order valence-electron chi connectivity index (χ4n) is 2.32. The number of ether oxygens (including phenoxy) is 1. The Labute approximate surface area is 142 Å². The molecule has 0 saturated carbocycles. The Morgan fingerprint density at radius 2 is 1.88 bits per heavy atom. The number of methoxy groups -OCH3 is 1. The molecule has 24 heavy (non-hydrogen) atoms. The molecule has 2 rings (SSSR count). The molecule has 1 N–H and O–H groups in total. The summed E-state index contributed by atoms with van der Waals surface area (Å²) in [5.41, 5.74) is 2.01. The van der Waals surface area contributed by atoms with Gasteiger partial charge in [0.25, 0.3) is 5.91 Å². The number of rotatable bonds is 7. The molecule has 0 aromatic heterocycles. The number of hydrogen-bond acceptors (Lipinski definition) is 3. The second-order valence-electron chi connectivity index (χ2n) is 5.26. The van der Waals surface area contributed by atoms with Crippen molar-refractivity contribution in [2.75, 3.05) is 13.7 Å². The smallest absolute Gasteiger partial charge is 0.261 e. The molecule has 0 atom stereocenters. The van der Waals surface area contributed by atoms with Crippen LogP contribution in [0.4, 0.5) is 0 Å². The van der Waals surface area contributed by atoms with Crippen LogP contribution in [0, 0.1) is 11.3 Å². The lowest BCUT2D eigenvalue weighted by Crippen LogP contribution is -2.25. The first-order valence-corrected chi connectivity index (χ1v) is 7.81. The summed E-state index contributed by atoms with van der Waals surface area (Å²) in [5.74, 6) is 0.263. The first-order valence-electron chi connectivity index (χ1n) is 7.81. The molecule has 0 aliphatic heterocycles. The van der Waals surface area contributed by atoms with Gasteiger partial charge in [0, 0.05) is 12.1 Å². The second-order valence-corrected chi connectivity index (χ2v) is 5.26. The van der Waals surface area contributed by atoms with Gasteiger partial charge >= 0.3 is 0 Å². The predicted molar refractivity (Wildman–Crippen MR) is 94.4 cm³/mol. The van der Waals surface area contributed by atoms with Crippen LogP contribution in [0.15, 0.2) is 60.2 Å². The average Bonchev–Trinajstić information content (AvgIpc) is 2.64. The highest BCUT2D eigenvalue weighted by molar-refractivity contribution is 6.01. The Morgan fingerprint density at radius 1 is 1.17 bits per heavy atom. The zero-order valence-electron chi connectivity index (χ0n) is 13.7. The number of amides is 1. The summed E-state index contributed by atoms with van der Waals surface area (Å²) in [6, 6.07) is 19.3. The maximum absolute atomic E-state index is 12.1. The van der Waals surface area contributed by atoms with Gasteiger partial charge in [0.2, 0.25) is 0 Å². The van der Waals surface area contributed by atoms with Crippen LogP contribution in [-0.2, 0) is 11.2 Å². The highest BCUT2D eigenvalue weighted by Gasteiger charge is 2.10. The van der Waals surface area contributed by atoms with Crippen molar-refractivity contribution < 1.29 is 9.53 Å². The van der Waals surface area contributed by atoms with Crippen molar-refractivity contribution >= 4 is 12.0 Å². The van der Waals surface area contributed by atoms with E-state index >= 15 is 0 Å². The number of para-hydroxylation sites is 1. The van der Waals surface area contributed by atoms with Crippen LogP contribution < -0.4 is 10.1 Å². The number of nitrogens with zero attached hydrogens (tertiary/aromatic N) is 1. The van der Waals surface area contributed by atoms with E-state index in [0.29, 0.717) is 17.9 Å². The summed E-state index contributed by atoms with van der Waals surface area (Å²) >= 11 is 0.